The van der Waals surface area contributed by atoms with Crippen molar-refractivity contribution in [3.63, 3.8) is 0 Å². The van der Waals surface area contributed by atoms with E-state index < -0.39 is 12.7 Å². The quantitative estimate of drug-likeness (QED) is 0.438. The van der Waals surface area contributed by atoms with E-state index in [2.05, 4.69) is 6.92 Å². The van der Waals surface area contributed by atoms with Crippen LogP contribution in [0.5, 0.6) is 0 Å². The summed E-state index contributed by atoms with van der Waals surface area (Å²) in [6, 6.07) is 0. The van der Waals surface area contributed by atoms with E-state index in [0.29, 0.717) is 12.0 Å². The molecular weight excluding hydrogens is 208 g/mol. The Morgan fingerprint density at radius 1 is 1.31 bits per heavy atom. The van der Waals surface area contributed by atoms with E-state index >= 15 is 0 Å². The number of unbranched alkanes of at least 4 members (excludes halogenated alkanes) is 2. The Labute approximate surface area is 96.6 Å². The van der Waals surface area contributed by atoms with Crippen molar-refractivity contribution >= 4 is 5.78 Å². The van der Waals surface area contributed by atoms with E-state index in [0.717, 1.165) is 19.3 Å². The normalized spacial score (nSPS) is 14.5. The van der Waals surface area contributed by atoms with Gasteiger partial charge >= 0.3 is 0 Å². The second kappa shape index (κ2) is 8.30. The van der Waals surface area contributed by atoms with E-state index in [-0.39, 0.29) is 18.0 Å². The zero-order chi connectivity index (χ0) is 12.6. The van der Waals surface area contributed by atoms with Crippen LogP contribution in [0.4, 0.5) is 0 Å². The van der Waals surface area contributed by atoms with Crippen LogP contribution in [-0.4, -0.2) is 33.8 Å². The Hall–Kier alpha value is -0.870. The minimum Gasteiger partial charge on any atom is -0.510 e. The SMILES string of the molecule is CCCCCC(=O)C/C(C)=C(/O)C(O)CO. The summed E-state index contributed by atoms with van der Waals surface area (Å²) in [5.74, 6) is -0.228. The first-order chi connectivity index (χ1) is 7.52. The average Bonchev–Trinajstić information content (AvgIpc) is 2.27. The fraction of sp³-hybridized carbons (Fsp3) is 0.750. The first-order valence-electron chi connectivity index (χ1n) is 5.72. The van der Waals surface area contributed by atoms with E-state index in [9.17, 15) is 9.90 Å². The molecule has 16 heavy (non-hydrogen) atoms. The van der Waals surface area contributed by atoms with Crippen molar-refractivity contribution in [3.8, 4) is 0 Å². The number of aliphatic hydroxyl groups is 3. The number of aliphatic hydroxyl groups excluding tert-OH is 3. The summed E-state index contributed by atoms with van der Waals surface area (Å²) in [5, 5.41) is 27.2. The minimum atomic E-state index is -1.27. The van der Waals surface area contributed by atoms with Crippen molar-refractivity contribution in [1.29, 1.82) is 0 Å². The second-order valence-electron chi connectivity index (χ2n) is 4.04. The van der Waals surface area contributed by atoms with Gasteiger partial charge < -0.3 is 15.3 Å². The highest BCUT2D eigenvalue weighted by atomic mass is 16.3. The molecule has 0 aliphatic heterocycles. The standard InChI is InChI=1S/C12H22O4/c1-3-4-5-6-10(14)7-9(2)12(16)11(15)8-13/h11,13,15-16H,3-8H2,1-2H3/b12-9+. The van der Waals surface area contributed by atoms with Crippen molar-refractivity contribution < 1.29 is 20.1 Å². The lowest BCUT2D eigenvalue weighted by Gasteiger charge is -2.10. The molecule has 0 amide bonds. The first kappa shape index (κ1) is 15.1. The summed E-state index contributed by atoms with van der Waals surface area (Å²) >= 11 is 0. The molecule has 0 fully saturated rings. The topological polar surface area (TPSA) is 77.8 Å². The molecule has 0 saturated carbocycles. The number of carbonyl (C=O) groups is 1. The third-order valence-corrected chi connectivity index (χ3v) is 2.45. The molecule has 1 atom stereocenters. The van der Waals surface area contributed by atoms with Crippen LogP contribution in [0.1, 0.15) is 46.0 Å². The van der Waals surface area contributed by atoms with Crippen LogP contribution >= 0.6 is 0 Å². The minimum absolute atomic E-state index is 0.0580. The zero-order valence-corrected chi connectivity index (χ0v) is 10.1. The Morgan fingerprint density at radius 3 is 2.44 bits per heavy atom. The number of ketones is 1. The molecule has 1 unspecified atom stereocenters. The molecule has 4 nitrogen and oxygen atoms in total. The van der Waals surface area contributed by atoms with Crippen LogP contribution in [0, 0.1) is 0 Å². The van der Waals surface area contributed by atoms with Crippen molar-refractivity contribution in [2.75, 3.05) is 6.61 Å². The monoisotopic (exact) mass is 230 g/mol. The maximum absolute atomic E-state index is 11.5. The maximum Gasteiger partial charge on any atom is 0.137 e. The Bertz CT molecular complexity index is 245. The smallest absolute Gasteiger partial charge is 0.137 e. The molecule has 3 N–H and O–H groups in total. The molecule has 0 spiro atoms. The van der Waals surface area contributed by atoms with E-state index in [1.807, 2.05) is 0 Å². The van der Waals surface area contributed by atoms with Crippen LogP contribution < -0.4 is 0 Å². The number of carbonyl (C=O) groups excluding carboxylic acids is 1. The highest BCUT2D eigenvalue weighted by molar-refractivity contribution is 5.80. The van der Waals surface area contributed by atoms with Gasteiger partial charge in [-0.3, -0.25) is 4.79 Å². The molecule has 0 aromatic heterocycles. The average molecular weight is 230 g/mol. The van der Waals surface area contributed by atoms with Gasteiger partial charge in [-0.2, -0.15) is 0 Å². The lowest BCUT2D eigenvalue weighted by atomic mass is 10.0. The molecular formula is C12H22O4. The summed E-state index contributed by atoms with van der Waals surface area (Å²) in [6.45, 7) is 3.12. The van der Waals surface area contributed by atoms with E-state index in [4.69, 9.17) is 10.2 Å². The lowest BCUT2D eigenvalue weighted by Crippen LogP contribution is -2.17. The van der Waals surface area contributed by atoms with Gasteiger partial charge in [0.05, 0.1) is 6.61 Å². The number of Topliss-reactive ketones (excluding diaryl/α,β-unsaturated/α-hetero) is 1. The van der Waals surface area contributed by atoms with Gasteiger partial charge in [-0.15, -0.1) is 0 Å². The predicted octanol–water partition coefficient (Wildman–Crippen LogP) is 1.71. The van der Waals surface area contributed by atoms with Crippen molar-refractivity contribution in [1.82, 2.24) is 0 Å². The summed E-state index contributed by atoms with van der Waals surface area (Å²) in [4.78, 5) is 11.5. The molecule has 0 rings (SSSR count). The van der Waals surface area contributed by atoms with Gasteiger partial charge in [0, 0.05) is 12.8 Å². The molecule has 4 heteroatoms. The number of hydrogen-bond donors (Lipinski definition) is 3. The Balaban J connectivity index is 4.11. The van der Waals surface area contributed by atoms with Gasteiger partial charge in [0.1, 0.15) is 17.6 Å². The molecule has 0 aromatic rings. The molecule has 94 valence electrons. The second-order valence-corrected chi connectivity index (χ2v) is 4.04. The molecule has 0 saturated heterocycles. The third-order valence-electron chi connectivity index (χ3n) is 2.45. The highest BCUT2D eigenvalue weighted by Crippen LogP contribution is 2.12. The number of rotatable bonds is 8. The van der Waals surface area contributed by atoms with Gasteiger partial charge in [0.25, 0.3) is 0 Å². The van der Waals surface area contributed by atoms with Crippen LogP contribution in [0.25, 0.3) is 0 Å². The van der Waals surface area contributed by atoms with E-state index in [1.165, 1.54) is 0 Å². The predicted molar refractivity (Wildman–Crippen MR) is 62.2 cm³/mol. The third kappa shape index (κ3) is 5.88. The van der Waals surface area contributed by atoms with Crippen LogP contribution in [0.3, 0.4) is 0 Å². The molecule has 0 radical (unpaired) electrons. The summed E-state index contributed by atoms with van der Waals surface area (Å²) in [5.41, 5.74) is 0.433. The molecule has 0 bridgehead atoms. The maximum atomic E-state index is 11.5. The van der Waals surface area contributed by atoms with Crippen LogP contribution in [0.2, 0.25) is 0 Å². The first-order valence-corrected chi connectivity index (χ1v) is 5.72. The van der Waals surface area contributed by atoms with Gasteiger partial charge in [0.15, 0.2) is 0 Å². The summed E-state index contributed by atoms with van der Waals surface area (Å²) in [6.07, 6.45) is 2.34. The van der Waals surface area contributed by atoms with Crippen molar-refractivity contribution in [2.45, 2.75) is 52.1 Å². The Kier molecular flexibility index (Phi) is 7.85. The van der Waals surface area contributed by atoms with Gasteiger partial charge in [0.2, 0.25) is 0 Å². The van der Waals surface area contributed by atoms with Crippen LogP contribution in [0.15, 0.2) is 11.3 Å². The van der Waals surface area contributed by atoms with Crippen LogP contribution in [-0.2, 0) is 4.79 Å². The fourth-order valence-electron chi connectivity index (χ4n) is 1.42. The van der Waals surface area contributed by atoms with E-state index in [1.54, 1.807) is 6.92 Å². The summed E-state index contributed by atoms with van der Waals surface area (Å²) < 4.78 is 0. The van der Waals surface area contributed by atoms with Crippen molar-refractivity contribution in [2.24, 2.45) is 0 Å². The molecule has 0 heterocycles. The number of hydrogen-bond acceptors (Lipinski definition) is 4. The zero-order valence-electron chi connectivity index (χ0n) is 10.1. The Morgan fingerprint density at radius 2 is 1.94 bits per heavy atom. The lowest BCUT2D eigenvalue weighted by molar-refractivity contribution is -0.118. The molecule has 0 aliphatic rings. The summed E-state index contributed by atoms with van der Waals surface area (Å²) in [7, 11) is 0. The highest BCUT2D eigenvalue weighted by Gasteiger charge is 2.13. The largest absolute Gasteiger partial charge is 0.510 e. The fourth-order valence-corrected chi connectivity index (χ4v) is 1.42. The van der Waals surface area contributed by atoms with Gasteiger partial charge in [-0.25, -0.2) is 0 Å². The van der Waals surface area contributed by atoms with Crippen molar-refractivity contribution in [3.05, 3.63) is 11.3 Å². The molecule has 0 aromatic carbocycles. The number of allylic oxidation sites excluding steroid dienone is 1. The van der Waals surface area contributed by atoms with Gasteiger partial charge in [-0.1, -0.05) is 19.8 Å². The molecule has 0 aliphatic carbocycles. The van der Waals surface area contributed by atoms with Gasteiger partial charge in [-0.05, 0) is 18.9 Å².